The molecule has 1 atom stereocenters. The molecule has 0 fully saturated rings. The first-order valence-electron chi connectivity index (χ1n) is 4.74. The van der Waals surface area contributed by atoms with Crippen molar-refractivity contribution in [2.45, 2.75) is 25.8 Å². The predicted molar refractivity (Wildman–Crippen MR) is 56.8 cm³/mol. The van der Waals surface area contributed by atoms with Crippen molar-refractivity contribution in [3.8, 4) is 5.75 Å². The van der Waals surface area contributed by atoms with Gasteiger partial charge in [-0.25, -0.2) is 0 Å². The molecule has 0 spiro atoms. The van der Waals surface area contributed by atoms with Crippen molar-refractivity contribution in [2.75, 3.05) is 0 Å². The van der Waals surface area contributed by atoms with E-state index in [0.29, 0.717) is 0 Å². The number of carbonyl (C=O) groups is 1. The van der Waals surface area contributed by atoms with Crippen LogP contribution in [0.5, 0.6) is 5.75 Å². The van der Waals surface area contributed by atoms with Crippen LogP contribution >= 0.6 is 0 Å². The molecular weight excluding hydrogens is 194 g/mol. The Morgan fingerprint density at radius 1 is 1.40 bits per heavy atom. The summed E-state index contributed by atoms with van der Waals surface area (Å²) < 4.78 is 0. The molecule has 15 heavy (non-hydrogen) atoms. The highest BCUT2D eigenvalue weighted by Gasteiger charge is 2.18. The maximum Gasteiger partial charge on any atom is 0.325 e. The Bertz CT molecular complexity index is 374. The fourth-order valence-electron chi connectivity index (χ4n) is 1.32. The highest BCUT2D eigenvalue weighted by molar-refractivity contribution is 5.76. The number of phenols is 1. The first kappa shape index (κ1) is 11.5. The van der Waals surface area contributed by atoms with Crippen LogP contribution in [-0.4, -0.2) is 16.2 Å². The van der Waals surface area contributed by atoms with Crippen LogP contribution in [0.3, 0.4) is 0 Å². The normalized spacial score (nSPS) is 12.8. The van der Waals surface area contributed by atoms with E-state index in [1.54, 1.807) is 18.2 Å². The van der Waals surface area contributed by atoms with Gasteiger partial charge in [0.1, 0.15) is 11.8 Å². The lowest BCUT2D eigenvalue weighted by Crippen LogP contribution is -2.20. The Morgan fingerprint density at radius 3 is 2.40 bits per heavy atom. The third kappa shape index (κ3) is 2.47. The number of phenolic OH excluding ortho intramolecular Hbond substituents is 1. The molecule has 0 aliphatic heterocycles. The number of carboxylic acid groups (broad SMARTS) is 1. The molecule has 0 radical (unpaired) electrons. The minimum Gasteiger partial charge on any atom is -0.508 e. The monoisotopic (exact) mass is 209 g/mol. The van der Waals surface area contributed by atoms with E-state index in [9.17, 15) is 9.90 Å². The van der Waals surface area contributed by atoms with E-state index in [0.717, 1.165) is 5.56 Å². The molecule has 0 saturated carbocycles. The van der Waals surface area contributed by atoms with Crippen LogP contribution < -0.4 is 5.73 Å². The van der Waals surface area contributed by atoms with E-state index in [-0.39, 0.29) is 17.2 Å². The predicted octanol–water partition coefficient (Wildman–Crippen LogP) is 1.60. The van der Waals surface area contributed by atoms with Gasteiger partial charge >= 0.3 is 5.97 Å². The molecule has 0 aliphatic carbocycles. The number of aromatic hydroxyl groups is 1. The van der Waals surface area contributed by atoms with Crippen LogP contribution in [0.4, 0.5) is 0 Å². The van der Waals surface area contributed by atoms with Gasteiger partial charge in [-0.3, -0.25) is 4.79 Å². The smallest absolute Gasteiger partial charge is 0.325 e. The molecule has 82 valence electrons. The molecule has 4 heteroatoms. The average molecular weight is 209 g/mol. The molecule has 4 N–H and O–H groups in total. The Hall–Kier alpha value is -1.55. The molecule has 0 amide bonds. The fourth-order valence-corrected chi connectivity index (χ4v) is 1.32. The highest BCUT2D eigenvalue weighted by atomic mass is 16.4. The molecule has 1 rings (SSSR count). The minimum atomic E-state index is -1.17. The zero-order chi connectivity index (χ0) is 11.6. The lowest BCUT2D eigenvalue weighted by atomic mass is 9.98. The summed E-state index contributed by atoms with van der Waals surface area (Å²) in [6, 6.07) is 3.72. The average Bonchev–Trinajstić information content (AvgIpc) is 2.16. The van der Waals surface area contributed by atoms with Gasteiger partial charge in [-0.05, 0) is 17.5 Å². The second kappa shape index (κ2) is 4.31. The summed E-state index contributed by atoms with van der Waals surface area (Å²) in [7, 11) is 0. The maximum absolute atomic E-state index is 10.6. The number of nitrogens with two attached hydrogens (primary N) is 1. The van der Waals surface area contributed by atoms with E-state index in [4.69, 9.17) is 10.8 Å². The van der Waals surface area contributed by atoms with Crippen molar-refractivity contribution in [3.63, 3.8) is 0 Å². The van der Waals surface area contributed by atoms with Gasteiger partial charge in [-0.15, -0.1) is 0 Å². The van der Waals surface area contributed by atoms with Gasteiger partial charge in [0.05, 0.1) is 0 Å². The largest absolute Gasteiger partial charge is 0.508 e. The molecule has 0 bridgehead atoms. The summed E-state index contributed by atoms with van der Waals surface area (Å²) >= 11 is 0. The van der Waals surface area contributed by atoms with Gasteiger partial charge in [0.15, 0.2) is 0 Å². The quantitative estimate of drug-likeness (QED) is 0.706. The standard InChI is InChI=1S/C11H15NO3/c1-6(2)7-3-4-8(9(13)5-7)10(12)11(14)15/h3-6,10,13H,12H2,1-2H3,(H,14,15). The van der Waals surface area contributed by atoms with Crippen molar-refractivity contribution in [1.82, 2.24) is 0 Å². The van der Waals surface area contributed by atoms with E-state index < -0.39 is 12.0 Å². The van der Waals surface area contributed by atoms with Gasteiger partial charge in [0.25, 0.3) is 0 Å². The Kier molecular flexibility index (Phi) is 3.31. The van der Waals surface area contributed by atoms with Crippen molar-refractivity contribution in [1.29, 1.82) is 0 Å². The molecule has 1 aromatic rings. The minimum absolute atomic E-state index is 0.0592. The zero-order valence-electron chi connectivity index (χ0n) is 8.77. The second-order valence-electron chi connectivity index (χ2n) is 3.79. The number of hydrogen-bond acceptors (Lipinski definition) is 3. The molecule has 0 heterocycles. The van der Waals surface area contributed by atoms with Gasteiger partial charge in [0, 0.05) is 5.56 Å². The summed E-state index contributed by atoms with van der Waals surface area (Å²) in [4.78, 5) is 10.6. The number of aliphatic carboxylic acids is 1. The molecular formula is C11H15NO3. The zero-order valence-corrected chi connectivity index (χ0v) is 8.77. The van der Waals surface area contributed by atoms with Gasteiger partial charge in [0.2, 0.25) is 0 Å². The molecule has 0 aliphatic rings. The van der Waals surface area contributed by atoms with Crippen molar-refractivity contribution < 1.29 is 15.0 Å². The van der Waals surface area contributed by atoms with E-state index in [1.165, 1.54) is 0 Å². The first-order chi connectivity index (χ1) is 6.93. The van der Waals surface area contributed by atoms with Gasteiger partial charge < -0.3 is 15.9 Å². The summed E-state index contributed by atoms with van der Waals surface area (Å²) in [6.45, 7) is 3.98. The number of rotatable bonds is 3. The van der Waals surface area contributed by atoms with E-state index >= 15 is 0 Å². The van der Waals surface area contributed by atoms with Crippen LogP contribution in [0.2, 0.25) is 0 Å². The molecule has 4 nitrogen and oxygen atoms in total. The van der Waals surface area contributed by atoms with Crippen LogP contribution in [0.25, 0.3) is 0 Å². The Labute approximate surface area is 88.3 Å². The van der Waals surface area contributed by atoms with Crippen LogP contribution in [-0.2, 0) is 4.79 Å². The maximum atomic E-state index is 10.6. The van der Waals surface area contributed by atoms with E-state index in [1.807, 2.05) is 13.8 Å². The van der Waals surface area contributed by atoms with Crippen molar-refractivity contribution in [3.05, 3.63) is 29.3 Å². The second-order valence-corrected chi connectivity index (χ2v) is 3.79. The summed E-state index contributed by atoms with van der Waals surface area (Å²) in [5, 5.41) is 18.3. The topological polar surface area (TPSA) is 83.6 Å². The molecule has 1 unspecified atom stereocenters. The SMILES string of the molecule is CC(C)c1ccc(C(N)C(=O)O)c(O)c1. The van der Waals surface area contributed by atoms with Crippen molar-refractivity contribution in [2.24, 2.45) is 5.73 Å². The van der Waals surface area contributed by atoms with Crippen LogP contribution in [0.1, 0.15) is 36.9 Å². The van der Waals surface area contributed by atoms with Gasteiger partial charge in [-0.1, -0.05) is 26.0 Å². The molecule has 0 saturated heterocycles. The first-order valence-corrected chi connectivity index (χ1v) is 4.74. The lowest BCUT2D eigenvalue weighted by Gasteiger charge is -2.12. The molecule has 1 aromatic carbocycles. The van der Waals surface area contributed by atoms with Crippen LogP contribution in [0.15, 0.2) is 18.2 Å². The number of hydrogen-bond donors (Lipinski definition) is 3. The highest BCUT2D eigenvalue weighted by Crippen LogP contribution is 2.27. The fraction of sp³-hybridized carbons (Fsp3) is 0.364. The lowest BCUT2D eigenvalue weighted by molar-refractivity contribution is -0.138. The van der Waals surface area contributed by atoms with E-state index in [2.05, 4.69) is 0 Å². The Balaban J connectivity index is 3.08. The Morgan fingerprint density at radius 2 is 2.00 bits per heavy atom. The number of benzene rings is 1. The summed E-state index contributed by atoms with van der Waals surface area (Å²) in [5.41, 5.74) is 6.60. The third-order valence-corrected chi connectivity index (χ3v) is 2.32. The number of carboxylic acids is 1. The summed E-state index contributed by atoms with van der Waals surface area (Å²) in [6.07, 6.45) is 0. The third-order valence-electron chi connectivity index (χ3n) is 2.32. The van der Waals surface area contributed by atoms with Gasteiger partial charge in [-0.2, -0.15) is 0 Å². The molecule has 0 aromatic heterocycles. The van der Waals surface area contributed by atoms with Crippen molar-refractivity contribution >= 4 is 5.97 Å². The van der Waals surface area contributed by atoms with Crippen LogP contribution in [0, 0.1) is 0 Å². The summed E-state index contributed by atoms with van der Waals surface area (Å²) in [5.74, 6) is -0.926.